The molecule has 0 aliphatic rings. The Labute approximate surface area is 226 Å². The minimum absolute atomic E-state index is 0.144. The number of esters is 3. The van der Waals surface area contributed by atoms with E-state index in [9.17, 15) is 19.5 Å². The molecule has 0 aromatic heterocycles. The summed E-state index contributed by atoms with van der Waals surface area (Å²) in [5, 5.41) is 11.2. The number of unbranched alkanes of at least 4 members (excludes halogenated alkanes) is 3. The fourth-order valence-electron chi connectivity index (χ4n) is 4.23. The van der Waals surface area contributed by atoms with Crippen LogP contribution in [0.15, 0.2) is 0 Å². The molecular formula is C30H56O7. The fourth-order valence-corrected chi connectivity index (χ4v) is 4.23. The SMILES string of the molecule is CCCCC(CC)COC(=O)CC(O)(CC(=O)OCC(CC)CCCC)C(=O)OCC(CC)CCCC. The third-order valence-electron chi connectivity index (χ3n) is 7.29. The normalized spacial score (nSPS) is 15.3. The molecule has 7 nitrogen and oxygen atoms in total. The van der Waals surface area contributed by atoms with Gasteiger partial charge in [0.1, 0.15) is 0 Å². The van der Waals surface area contributed by atoms with Gasteiger partial charge >= 0.3 is 17.9 Å². The van der Waals surface area contributed by atoms with E-state index in [0.717, 1.165) is 77.0 Å². The quantitative estimate of drug-likeness (QED) is 0.115. The van der Waals surface area contributed by atoms with Gasteiger partial charge in [0.15, 0.2) is 5.60 Å². The molecule has 7 heteroatoms. The van der Waals surface area contributed by atoms with Crippen LogP contribution in [0.1, 0.15) is 131 Å². The Kier molecular flexibility index (Phi) is 20.4. The van der Waals surface area contributed by atoms with Crippen LogP contribution < -0.4 is 0 Å². The van der Waals surface area contributed by atoms with Crippen LogP contribution >= 0.6 is 0 Å². The summed E-state index contributed by atoms with van der Waals surface area (Å²) in [6.45, 7) is 13.1. The van der Waals surface area contributed by atoms with Gasteiger partial charge in [-0.3, -0.25) is 9.59 Å². The van der Waals surface area contributed by atoms with Crippen LogP contribution in [0, 0.1) is 17.8 Å². The molecule has 3 unspecified atom stereocenters. The van der Waals surface area contributed by atoms with Gasteiger partial charge in [0.25, 0.3) is 0 Å². The third kappa shape index (κ3) is 16.0. The Morgan fingerprint density at radius 2 is 0.919 bits per heavy atom. The van der Waals surface area contributed by atoms with Crippen LogP contribution in [0.5, 0.6) is 0 Å². The number of ether oxygens (including phenoxy) is 3. The number of hydrogen-bond donors (Lipinski definition) is 1. The molecule has 0 bridgehead atoms. The Morgan fingerprint density at radius 1 is 0.595 bits per heavy atom. The molecular weight excluding hydrogens is 472 g/mol. The highest BCUT2D eigenvalue weighted by molar-refractivity contribution is 5.90. The van der Waals surface area contributed by atoms with Gasteiger partial charge in [-0.05, 0) is 37.0 Å². The molecule has 0 amide bonds. The Balaban J connectivity index is 5.29. The van der Waals surface area contributed by atoms with E-state index in [-0.39, 0.29) is 37.6 Å². The lowest BCUT2D eigenvalue weighted by atomic mass is 9.95. The first kappa shape index (κ1) is 35.4. The van der Waals surface area contributed by atoms with Crippen LogP contribution in [0.25, 0.3) is 0 Å². The standard InChI is InChI=1S/C30H56O7/c1-7-13-16-24(10-4)21-35-27(31)19-30(34,29(33)37-23-26(12-6)18-15-9-3)20-28(32)36-22-25(11-5)17-14-8-2/h24-26,34H,7-23H2,1-6H3. The van der Waals surface area contributed by atoms with Crippen LogP contribution in [-0.4, -0.2) is 48.4 Å². The molecule has 0 aliphatic carbocycles. The third-order valence-corrected chi connectivity index (χ3v) is 7.29. The van der Waals surface area contributed by atoms with Crippen LogP contribution in [0.3, 0.4) is 0 Å². The molecule has 0 aliphatic heterocycles. The van der Waals surface area contributed by atoms with Crippen molar-refractivity contribution < 1.29 is 33.7 Å². The van der Waals surface area contributed by atoms with Gasteiger partial charge in [-0.25, -0.2) is 4.79 Å². The van der Waals surface area contributed by atoms with Crippen LogP contribution in [0.4, 0.5) is 0 Å². The van der Waals surface area contributed by atoms with Crippen molar-refractivity contribution >= 4 is 17.9 Å². The van der Waals surface area contributed by atoms with E-state index < -0.39 is 36.4 Å². The van der Waals surface area contributed by atoms with Gasteiger partial charge in [0, 0.05) is 0 Å². The highest BCUT2D eigenvalue weighted by atomic mass is 16.6. The summed E-state index contributed by atoms with van der Waals surface area (Å²) >= 11 is 0. The summed E-state index contributed by atoms with van der Waals surface area (Å²) in [6, 6.07) is 0. The average molecular weight is 529 g/mol. The largest absolute Gasteiger partial charge is 0.465 e. The van der Waals surface area contributed by atoms with Gasteiger partial charge < -0.3 is 19.3 Å². The highest BCUT2D eigenvalue weighted by Crippen LogP contribution is 2.23. The van der Waals surface area contributed by atoms with E-state index >= 15 is 0 Å². The van der Waals surface area contributed by atoms with E-state index in [2.05, 4.69) is 20.8 Å². The Morgan fingerprint density at radius 3 is 1.22 bits per heavy atom. The summed E-state index contributed by atoms with van der Waals surface area (Å²) < 4.78 is 16.3. The van der Waals surface area contributed by atoms with Gasteiger partial charge in [0.05, 0.1) is 32.7 Å². The molecule has 3 atom stereocenters. The first-order valence-electron chi connectivity index (χ1n) is 14.9. The maximum absolute atomic E-state index is 13.0. The number of carbonyl (C=O) groups is 3. The number of hydrogen-bond acceptors (Lipinski definition) is 7. The van der Waals surface area contributed by atoms with Crippen molar-refractivity contribution in [1.29, 1.82) is 0 Å². The van der Waals surface area contributed by atoms with Crippen LogP contribution in [-0.2, 0) is 28.6 Å². The summed E-state index contributed by atoms with van der Waals surface area (Å²) in [5.74, 6) is -1.77. The fraction of sp³-hybridized carbons (Fsp3) is 0.900. The van der Waals surface area contributed by atoms with Crippen molar-refractivity contribution in [3.05, 3.63) is 0 Å². The van der Waals surface area contributed by atoms with E-state index in [1.807, 2.05) is 20.8 Å². The zero-order valence-electron chi connectivity index (χ0n) is 24.6. The molecule has 0 aromatic carbocycles. The second-order valence-electron chi connectivity index (χ2n) is 10.6. The number of carbonyl (C=O) groups excluding carboxylic acids is 3. The molecule has 0 fully saturated rings. The Hall–Kier alpha value is -1.63. The van der Waals surface area contributed by atoms with Gasteiger partial charge in [-0.15, -0.1) is 0 Å². The monoisotopic (exact) mass is 528 g/mol. The predicted molar refractivity (Wildman–Crippen MR) is 147 cm³/mol. The lowest BCUT2D eigenvalue weighted by Gasteiger charge is -2.26. The van der Waals surface area contributed by atoms with E-state index in [1.54, 1.807) is 0 Å². The molecule has 0 saturated carbocycles. The lowest BCUT2D eigenvalue weighted by Crippen LogP contribution is -2.45. The molecule has 0 radical (unpaired) electrons. The molecule has 0 rings (SSSR count). The van der Waals surface area contributed by atoms with Crippen molar-refractivity contribution in [2.45, 2.75) is 137 Å². The maximum Gasteiger partial charge on any atom is 0.339 e. The minimum Gasteiger partial charge on any atom is -0.465 e. The molecule has 1 N–H and O–H groups in total. The summed E-state index contributed by atoms with van der Waals surface area (Å²) in [5.41, 5.74) is -2.31. The molecule has 37 heavy (non-hydrogen) atoms. The predicted octanol–water partition coefficient (Wildman–Crippen LogP) is 6.78. The van der Waals surface area contributed by atoms with Crippen molar-refractivity contribution in [1.82, 2.24) is 0 Å². The topological polar surface area (TPSA) is 99.1 Å². The molecule has 218 valence electrons. The zero-order valence-corrected chi connectivity index (χ0v) is 24.6. The lowest BCUT2D eigenvalue weighted by molar-refractivity contribution is -0.179. The maximum atomic E-state index is 13.0. The number of rotatable bonds is 23. The van der Waals surface area contributed by atoms with Gasteiger partial charge in [0.2, 0.25) is 0 Å². The van der Waals surface area contributed by atoms with E-state index in [4.69, 9.17) is 14.2 Å². The van der Waals surface area contributed by atoms with E-state index in [1.165, 1.54) is 0 Å². The molecule has 0 aromatic rings. The second kappa shape index (κ2) is 21.3. The second-order valence-corrected chi connectivity index (χ2v) is 10.6. The highest BCUT2D eigenvalue weighted by Gasteiger charge is 2.43. The summed E-state index contributed by atoms with van der Waals surface area (Å²) in [6.07, 6.45) is 10.4. The van der Waals surface area contributed by atoms with Crippen molar-refractivity contribution in [2.75, 3.05) is 19.8 Å². The first-order chi connectivity index (χ1) is 17.7. The van der Waals surface area contributed by atoms with Crippen LogP contribution in [0.2, 0.25) is 0 Å². The average Bonchev–Trinajstić information content (AvgIpc) is 2.88. The first-order valence-corrected chi connectivity index (χ1v) is 14.9. The zero-order chi connectivity index (χ0) is 28.1. The Bertz CT molecular complexity index is 585. The van der Waals surface area contributed by atoms with Crippen molar-refractivity contribution in [2.24, 2.45) is 17.8 Å². The molecule has 0 heterocycles. The smallest absolute Gasteiger partial charge is 0.339 e. The van der Waals surface area contributed by atoms with Gasteiger partial charge in [-0.1, -0.05) is 99.3 Å². The van der Waals surface area contributed by atoms with E-state index in [0.29, 0.717) is 0 Å². The minimum atomic E-state index is -2.31. The molecule has 0 saturated heterocycles. The molecule has 0 spiro atoms. The van der Waals surface area contributed by atoms with Crippen molar-refractivity contribution in [3.8, 4) is 0 Å². The summed E-state index contributed by atoms with van der Waals surface area (Å²) in [7, 11) is 0. The van der Waals surface area contributed by atoms with Crippen molar-refractivity contribution in [3.63, 3.8) is 0 Å². The summed E-state index contributed by atoms with van der Waals surface area (Å²) in [4.78, 5) is 38.3. The van der Waals surface area contributed by atoms with Gasteiger partial charge in [-0.2, -0.15) is 0 Å². The number of aliphatic hydroxyl groups is 1.